The van der Waals surface area contributed by atoms with Gasteiger partial charge < -0.3 is 5.11 Å². The summed E-state index contributed by atoms with van der Waals surface area (Å²) in [5.74, 6) is 0.424. The Morgan fingerprint density at radius 2 is 2.00 bits per heavy atom. The van der Waals surface area contributed by atoms with Crippen LogP contribution in [0.2, 0.25) is 0 Å². The average molecular weight is 119 g/mol. The van der Waals surface area contributed by atoms with Gasteiger partial charge in [-0.05, 0) is 6.92 Å². The molecule has 0 saturated heterocycles. The first-order valence-electron chi connectivity index (χ1n) is 2.06. The highest BCUT2D eigenvalue weighted by Crippen LogP contribution is 1.90. The average Bonchev–Trinajstić information content (AvgIpc) is 1.27. The highest BCUT2D eigenvalue weighted by atomic mass is 32.2. The Labute approximate surface area is 47.4 Å². The first-order chi connectivity index (χ1) is 3.13. The topological polar surface area (TPSA) is 20.2 Å². The molecular weight excluding hydrogens is 108 g/mol. The van der Waals surface area contributed by atoms with Crippen LogP contribution in [0.4, 0.5) is 0 Å². The van der Waals surface area contributed by atoms with Gasteiger partial charge in [-0.2, -0.15) is 0 Å². The van der Waals surface area contributed by atoms with Crippen molar-refractivity contribution >= 4 is 10.9 Å². The summed E-state index contributed by atoms with van der Waals surface area (Å²) in [4.78, 5) is 0. The molecule has 0 amide bonds. The molecule has 7 heavy (non-hydrogen) atoms. The zero-order valence-electron chi connectivity index (χ0n) is 4.93. The number of hydrogen-bond acceptors (Lipinski definition) is 1. The molecule has 0 fully saturated rings. The molecule has 0 radical (unpaired) electrons. The van der Waals surface area contributed by atoms with E-state index in [1.807, 2.05) is 5.41 Å². The summed E-state index contributed by atoms with van der Waals surface area (Å²) in [7, 11) is 0.242. The van der Waals surface area contributed by atoms with Crippen molar-refractivity contribution in [2.24, 2.45) is 0 Å². The Morgan fingerprint density at radius 1 is 1.57 bits per heavy atom. The minimum atomic E-state index is 0.242. The highest BCUT2D eigenvalue weighted by Gasteiger charge is 1.94. The number of aliphatic hydroxyl groups is 1. The summed E-state index contributed by atoms with van der Waals surface area (Å²) in [5.41, 5.74) is 0. The van der Waals surface area contributed by atoms with Crippen molar-refractivity contribution in [2.45, 2.75) is 6.92 Å². The summed E-state index contributed by atoms with van der Waals surface area (Å²) in [6.45, 7) is 1.69. The molecule has 0 spiro atoms. The van der Waals surface area contributed by atoms with Crippen molar-refractivity contribution in [3.8, 4) is 0 Å². The largest absolute Gasteiger partial charge is 0.508 e. The molecule has 0 aliphatic rings. The fraction of sp³-hybridized carbons (Fsp3) is 0.600. The molecular formula is C5H11OS+. The normalized spacial score (nSPS) is 12.9. The van der Waals surface area contributed by atoms with Crippen LogP contribution in [0.15, 0.2) is 11.2 Å². The molecule has 0 rings (SSSR count). The lowest BCUT2D eigenvalue weighted by molar-refractivity contribution is 0.416. The van der Waals surface area contributed by atoms with Crippen LogP contribution in [0.25, 0.3) is 0 Å². The van der Waals surface area contributed by atoms with E-state index in [0.29, 0.717) is 5.76 Å². The Kier molecular flexibility index (Phi) is 2.92. The molecule has 0 aliphatic heterocycles. The molecule has 0 bridgehead atoms. The van der Waals surface area contributed by atoms with E-state index in [1.54, 1.807) is 6.92 Å². The summed E-state index contributed by atoms with van der Waals surface area (Å²) < 4.78 is 0. The van der Waals surface area contributed by atoms with Gasteiger partial charge in [0.05, 0.1) is 0 Å². The first kappa shape index (κ1) is 6.89. The smallest absolute Gasteiger partial charge is 0.155 e. The van der Waals surface area contributed by atoms with Crippen LogP contribution >= 0.6 is 0 Å². The van der Waals surface area contributed by atoms with E-state index < -0.39 is 0 Å². The fourth-order valence-corrected chi connectivity index (χ4v) is 1.02. The molecule has 0 aliphatic carbocycles. The third-order valence-electron chi connectivity index (χ3n) is 0.406. The second-order valence-corrected chi connectivity index (χ2v) is 3.63. The maximum absolute atomic E-state index is 8.59. The Balaban J connectivity index is 3.45. The third kappa shape index (κ3) is 5.89. The molecule has 1 N–H and O–H groups in total. The standard InChI is InChI=1S/C5H10OS/c1-5(6)4-7(2)3/h4H,1-3H3/p+1/b5-4-. The molecule has 0 atom stereocenters. The van der Waals surface area contributed by atoms with Crippen LogP contribution in [0.5, 0.6) is 0 Å². The molecule has 1 nitrogen and oxygen atoms in total. The monoisotopic (exact) mass is 119 g/mol. The molecule has 0 aromatic rings. The maximum Gasteiger partial charge on any atom is 0.155 e. The summed E-state index contributed by atoms with van der Waals surface area (Å²) >= 11 is 0. The van der Waals surface area contributed by atoms with Gasteiger partial charge in [-0.25, -0.2) is 0 Å². The second-order valence-electron chi connectivity index (χ2n) is 1.64. The van der Waals surface area contributed by atoms with E-state index in [1.165, 1.54) is 0 Å². The van der Waals surface area contributed by atoms with Crippen LogP contribution in [-0.2, 0) is 10.9 Å². The minimum absolute atomic E-state index is 0.242. The van der Waals surface area contributed by atoms with Crippen molar-refractivity contribution in [3.05, 3.63) is 11.2 Å². The van der Waals surface area contributed by atoms with Gasteiger partial charge in [-0.15, -0.1) is 0 Å². The molecule has 2 heteroatoms. The molecule has 0 aromatic carbocycles. The van der Waals surface area contributed by atoms with E-state index >= 15 is 0 Å². The Hall–Kier alpha value is -0.110. The van der Waals surface area contributed by atoms with Gasteiger partial charge >= 0.3 is 0 Å². The predicted octanol–water partition coefficient (Wildman–Crippen LogP) is 1.28. The van der Waals surface area contributed by atoms with E-state index in [2.05, 4.69) is 12.5 Å². The Morgan fingerprint density at radius 3 is 2.00 bits per heavy atom. The molecule has 0 saturated carbocycles. The first-order valence-corrected chi connectivity index (χ1v) is 4.17. The van der Waals surface area contributed by atoms with Crippen LogP contribution in [0, 0.1) is 0 Å². The number of hydrogen-bond donors (Lipinski definition) is 1. The second kappa shape index (κ2) is 2.97. The van der Waals surface area contributed by atoms with Gasteiger partial charge in [0.2, 0.25) is 0 Å². The van der Waals surface area contributed by atoms with Gasteiger partial charge in [0.1, 0.15) is 18.3 Å². The minimum Gasteiger partial charge on any atom is -0.508 e. The summed E-state index contributed by atoms with van der Waals surface area (Å²) in [5, 5.41) is 10.4. The quantitative estimate of drug-likeness (QED) is 0.407. The van der Waals surface area contributed by atoms with Crippen LogP contribution in [0.1, 0.15) is 6.92 Å². The highest BCUT2D eigenvalue weighted by molar-refractivity contribution is 7.98. The SMILES string of the molecule is C/C(O)=C/[S+](C)C. The van der Waals surface area contributed by atoms with Crippen molar-refractivity contribution in [3.63, 3.8) is 0 Å². The van der Waals surface area contributed by atoms with Gasteiger partial charge in [0.25, 0.3) is 0 Å². The zero-order valence-corrected chi connectivity index (χ0v) is 5.75. The van der Waals surface area contributed by atoms with Crippen molar-refractivity contribution in [2.75, 3.05) is 12.5 Å². The van der Waals surface area contributed by atoms with Gasteiger partial charge in [-0.3, -0.25) is 0 Å². The number of allylic oxidation sites excluding steroid dienone is 1. The van der Waals surface area contributed by atoms with E-state index in [4.69, 9.17) is 5.11 Å². The van der Waals surface area contributed by atoms with Gasteiger partial charge in [0, 0.05) is 10.9 Å². The van der Waals surface area contributed by atoms with Crippen LogP contribution in [0.3, 0.4) is 0 Å². The van der Waals surface area contributed by atoms with Crippen LogP contribution in [-0.4, -0.2) is 17.6 Å². The lowest BCUT2D eigenvalue weighted by atomic mass is 10.7. The molecule has 42 valence electrons. The predicted molar refractivity (Wildman–Crippen MR) is 35.6 cm³/mol. The fourth-order valence-electron chi connectivity index (χ4n) is 0.341. The van der Waals surface area contributed by atoms with E-state index in [9.17, 15) is 0 Å². The lowest BCUT2D eigenvalue weighted by Gasteiger charge is -1.83. The van der Waals surface area contributed by atoms with E-state index in [-0.39, 0.29) is 10.9 Å². The lowest BCUT2D eigenvalue weighted by Crippen LogP contribution is -1.87. The Bertz CT molecular complexity index is 72.1. The van der Waals surface area contributed by atoms with Crippen LogP contribution < -0.4 is 0 Å². The maximum atomic E-state index is 8.59. The molecule has 0 aromatic heterocycles. The summed E-state index contributed by atoms with van der Waals surface area (Å²) in [6.07, 6.45) is 4.11. The van der Waals surface area contributed by atoms with E-state index in [0.717, 1.165) is 0 Å². The molecule has 0 heterocycles. The molecule has 0 unspecified atom stereocenters. The third-order valence-corrected chi connectivity index (χ3v) is 1.22. The zero-order chi connectivity index (χ0) is 5.86. The van der Waals surface area contributed by atoms with Gasteiger partial charge in [-0.1, -0.05) is 0 Å². The number of aliphatic hydroxyl groups excluding tert-OH is 1. The van der Waals surface area contributed by atoms with Crippen molar-refractivity contribution in [1.29, 1.82) is 0 Å². The van der Waals surface area contributed by atoms with Crippen molar-refractivity contribution in [1.82, 2.24) is 0 Å². The van der Waals surface area contributed by atoms with Gasteiger partial charge in [0.15, 0.2) is 5.41 Å². The number of rotatable bonds is 1. The van der Waals surface area contributed by atoms with Crippen molar-refractivity contribution < 1.29 is 5.11 Å². The summed E-state index contributed by atoms with van der Waals surface area (Å²) in [6, 6.07) is 0.